The van der Waals surface area contributed by atoms with Gasteiger partial charge in [0.15, 0.2) is 0 Å². The minimum atomic E-state index is -3.79. The molecule has 1 aromatic rings. The third-order valence-corrected chi connectivity index (χ3v) is 11.9. The van der Waals surface area contributed by atoms with Gasteiger partial charge in [0.05, 0.1) is 17.6 Å². The molecular weight excluding hydrogens is 627 g/mol. The Morgan fingerprint density at radius 3 is 2.00 bits per heavy atom. The Balaban J connectivity index is 1.06. The van der Waals surface area contributed by atoms with Crippen LogP contribution in [0.4, 0.5) is 0 Å². The number of hydrogen-bond donors (Lipinski definition) is 0. The molecule has 6 nitrogen and oxygen atoms in total. The van der Waals surface area contributed by atoms with Crippen LogP contribution in [-0.4, -0.2) is 51.3 Å². The zero-order chi connectivity index (χ0) is 33.4. The predicted octanol–water partition coefficient (Wildman–Crippen LogP) is 11.1. The molecule has 1 aromatic carbocycles. The van der Waals surface area contributed by atoms with Crippen molar-refractivity contribution in [2.75, 3.05) is 26.4 Å². The molecule has 3 atom stereocenters. The van der Waals surface area contributed by atoms with Crippen LogP contribution in [0, 0.1) is 12.8 Å². The average Bonchev–Trinajstić information content (AvgIpc) is 3.71. The van der Waals surface area contributed by atoms with Crippen molar-refractivity contribution in [2.45, 2.75) is 172 Å². The molecule has 2 aliphatic heterocycles. The number of hydrogen-bond acceptors (Lipinski definition) is 7. The van der Waals surface area contributed by atoms with E-state index >= 15 is 0 Å². The van der Waals surface area contributed by atoms with Crippen molar-refractivity contribution in [2.24, 2.45) is 5.92 Å². The fourth-order valence-corrected chi connectivity index (χ4v) is 8.69. The minimum Gasteiger partial charge on any atom is -0.379 e. The van der Waals surface area contributed by atoms with Gasteiger partial charge < -0.3 is 14.4 Å². The monoisotopic (exact) mass is 693 g/mol. The largest absolute Gasteiger partial charge is 0.379 e. The first-order chi connectivity index (χ1) is 23.0. The molecule has 8 heteroatoms. The van der Waals surface area contributed by atoms with Gasteiger partial charge in [-0.25, -0.2) is 4.18 Å². The molecule has 3 rings (SSSR count). The van der Waals surface area contributed by atoms with Gasteiger partial charge in [-0.1, -0.05) is 152 Å². The summed E-state index contributed by atoms with van der Waals surface area (Å²) in [6, 6.07) is 6.79. The molecule has 1 saturated heterocycles. The number of unbranched alkanes of at least 4 members (excludes halogenated alkanes) is 18. The summed E-state index contributed by atoms with van der Waals surface area (Å²) in [6.07, 6.45) is 31.4. The summed E-state index contributed by atoms with van der Waals surface area (Å²) >= 11 is 1.39. The van der Waals surface area contributed by atoms with Gasteiger partial charge in [-0.15, -0.1) is 0 Å². The van der Waals surface area contributed by atoms with Crippen molar-refractivity contribution >= 4 is 21.9 Å². The quantitative estimate of drug-likeness (QED) is 0.0611. The van der Waals surface area contributed by atoms with Crippen LogP contribution in [0.2, 0.25) is 0 Å². The molecular formula is C39H67NO5S2. The van der Waals surface area contributed by atoms with Crippen molar-refractivity contribution in [3.8, 4) is 0 Å². The van der Waals surface area contributed by atoms with Crippen LogP contribution in [0.3, 0.4) is 0 Å². The highest BCUT2D eigenvalue weighted by Gasteiger charge is 2.28. The smallest absolute Gasteiger partial charge is 0.299 e. The van der Waals surface area contributed by atoms with E-state index in [-0.39, 0.29) is 4.90 Å². The van der Waals surface area contributed by atoms with Crippen molar-refractivity contribution in [1.82, 2.24) is 4.90 Å². The summed E-state index contributed by atoms with van der Waals surface area (Å²) in [5.74, 6) is 0.731. The highest BCUT2D eigenvalue weighted by Crippen LogP contribution is 2.30. The molecule has 47 heavy (non-hydrogen) atoms. The van der Waals surface area contributed by atoms with Crippen molar-refractivity contribution in [3.05, 3.63) is 41.4 Å². The number of rotatable bonds is 29. The molecule has 2 aliphatic rings. The summed E-state index contributed by atoms with van der Waals surface area (Å²) in [6.45, 7) is 7.52. The lowest BCUT2D eigenvalue weighted by atomic mass is 9.97. The summed E-state index contributed by atoms with van der Waals surface area (Å²) in [5, 5.41) is 1.91. The van der Waals surface area contributed by atoms with Gasteiger partial charge in [0.1, 0.15) is 0 Å². The molecule has 0 radical (unpaired) electrons. The normalized spacial score (nSPS) is 19.7. The Bertz CT molecular complexity index is 1050. The maximum atomic E-state index is 12.7. The molecule has 0 saturated carbocycles. The van der Waals surface area contributed by atoms with E-state index in [1.54, 1.807) is 24.3 Å². The Labute approximate surface area is 293 Å². The fraction of sp³-hybridized carbons (Fsp3) is 0.795. The van der Waals surface area contributed by atoms with E-state index in [2.05, 4.69) is 6.92 Å². The van der Waals surface area contributed by atoms with Crippen LogP contribution in [-0.2, 0) is 23.8 Å². The third-order valence-electron chi connectivity index (χ3n) is 9.63. The first-order valence-electron chi connectivity index (χ1n) is 19.2. The highest BCUT2D eigenvalue weighted by atomic mass is 32.2. The summed E-state index contributed by atoms with van der Waals surface area (Å²) in [4.78, 5) is 2.19. The number of benzene rings is 1. The second-order valence-corrected chi connectivity index (χ2v) is 16.5. The van der Waals surface area contributed by atoms with Gasteiger partial charge in [-0.2, -0.15) is 8.42 Å². The molecule has 3 unspecified atom stereocenters. The van der Waals surface area contributed by atoms with Crippen LogP contribution in [0.25, 0.3) is 0 Å². The molecule has 270 valence electrons. The van der Waals surface area contributed by atoms with Crippen LogP contribution in [0.5, 0.6) is 0 Å². The Hall–Kier alpha value is -1.06. The van der Waals surface area contributed by atoms with E-state index < -0.39 is 15.7 Å². The molecule has 0 bridgehead atoms. The highest BCUT2D eigenvalue weighted by molar-refractivity contribution is 8.03. The van der Waals surface area contributed by atoms with E-state index in [0.717, 1.165) is 57.1 Å². The molecule has 2 heterocycles. The summed E-state index contributed by atoms with van der Waals surface area (Å²) < 4.78 is 42.9. The first kappa shape index (κ1) is 40.4. The van der Waals surface area contributed by atoms with E-state index in [4.69, 9.17) is 13.7 Å². The lowest BCUT2D eigenvalue weighted by Gasteiger charge is -2.24. The first-order valence-corrected chi connectivity index (χ1v) is 21.6. The van der Waals surface area contributed by atoms with E-state index in [1.165, 1.54) is 134 Å². The Kier molecular flexibility index (Phi) is 21.5. The molecule has 0 N–H and O–H groups in total. The van der Waals surface area contributed by atoms with Crippen molar-refractivity contribution < 1.29 is 22.1 Å². The molecule has 0 amide bonds. The number of nitrogens with zero attached hydrogens (tertiary/aromatic N) is 1. The van der Waals surface area contributed by atoms with Crippen LogP contribution >= 0.6 is 11.8 Å². The van der Waals surface area contributed by atoms with Gasteiger partial charge in [-0.3, -0.25) is 0 Å². The second-order valence-electron chi connectivity index (χ2n) is 14.0. The maximum absolute atomic E-state index is 12.7. The molecule has 0 spiro atoms. The maximum Gasteiger partial charge on any atom is 0.299 e. The third kappa shape index (κ3) is 18.0. The SMILES string of the molecule is CCCCCCCCCCCCCCCCC1COC(COCCCCCCCCN2C=CSC2OS(=O)(=O)c2ccc(C)cc2)C1. The zero-order valence-electron chi connectivity index (χ0n) is 29.9. The van der Waals surface area contributed by atoms with Crippen molar-refractivity contribution in [3.63, 3.8) is 0 Å². The molecule has 0 aliphatic carbocycles. The number of aryl methyl sites for hydroxylation is 1. The summed E-state index contributed by atoms with van der Waals surface area (Å²) in [5.41, 5.74) is 0.494. The number of ether oxygens (including phenoxy) is 2. The Morgan fingerprint density at radius 2 is 1.36 bits per heavy atom. The van der Waals surface area contributed by atoms with Gasteiger partial charge in [0.25, 0.3) is 10.1 Å². The standard InChI is InChI=1S/C39H67NO5S2/c1-3-4-5-6-7-8-9-10-11-12-13-14-17-20-23-36-32-37(44-33-36)34-43-30-22-19-16-15-18-21-28-40-29-31-46-39(40)45-47(41,42)38-26-24-35(2)25-27-38/h24-27,29,31,36-37,39H,3-23,28,30,32-34H2,1-2H3. The molecule has 0 aromatic heterocycles. The predicted molar refractivity (Wildman–Crippen MR) is 198 cm³/mol. The zero-order valence-corrected chi connectivity index (χ0v) is 31.5. The van der Waals surface area contributed by atoms with Crippen molar-refractivity contribution in [1.29, 1.82) is 0 Å². The minimum absolute atomic E-state index is 0.204. The van der Waals surface area contributed by atoms with Crippen LogP contribution in [0.1, 0.15) is 154 Å². The van der Waals surface area contributed by atoms with Gasteiger partial charge in [-0.05, 0) is 56.1 Å². The van der Waals surface area contributed by atoms with Gasteiger partial charge in [0.2, 0.25) is 5.56 Å². The van der Waals surface area contributed by atoms with E-state index in [9.17, 15) is 8.42 Å². The van der Waals surface area contributed by atoms with Gasteiger partial charge >= 0.3 is 0 Å². The van der Waals surface area contributed by atoms with Crippen LogP contribution in [0.15, 0.2) is 40.8 Å². The fourth-order valence-electron chi connectivity index (χ4n) is 6.60. The second kappa shape index (κ2) is 25.0. The molecule has 1 fully saturated rings. The topological polar surface area (TPSA) is 65.1 Å². The van der Waals surface area contributed by atoms with E-state index in [0.29, 0.717) is 6.10 Å². The Morgan fingerprint density at radius 1 is 0.787 bits per heavy atom. The summed E-state index contributed by atoms with van der Waals surface area (Å²) in [7, 11) is -3.79. The van der Waals surface area contributed by atoms with Crippen LogP contribution < -0.4 is 0 Å². The lowest BCUT2D eigenvalue weighted by Crippen LogP contribution is -2.30. The van der Waals surface area contributed by atoms with Gasteiger partial charge in [0, 0.05) is 26.0 Å². The number of thioether (sulfide) groups is 1. The average molecular weight is 694 g/mol. The lowest BCUT2D eigenvalue weighted by molar-refractivity contribution is 0.0153. The van der Waals surface area contributed by atoms with E-state index in [1.807, 2.05) is 23.4 Å².